The zero-order chi connectivity index (χ0) is 21.8. The van der Waals surface area contributed by atoms with E-state index in [4.69, 9.17) is 9.15 Å². The lowest BCUT2D eigenvalue weighted by atomic mass is 10.0. The second kappa shape index (κ2) is 9.04. The first-order chi connectivity index (χ1) is 15.1. The van der Waals surface area contributed by atoms with Crippen LogP contribution in [0.3, 0.4) is 0 Å². The molecule has 0 aliphatic rings. The van der Waals surface area contributed by atoms with E-state index in [2.05, 4.69) is 16.4 Å². The summed E-state index contributed by atoms with van der Waals surface area (Å²) in [6, 6.07) is 13.7. The van der Waals surface area contributed by atoms with Crippen molar-refractivity contribution in [3.63, 3.8) is 0 Å². The van der Waals surface area contributed by atoms with Gasteiger partial charge in [-0.3, -0.25) is 14.2 Å². The third-order valence-electron chi connectivity index (χ3n) is 5.23. The average Bonchev–Trinajstić information content (AvgIpc) is 3.14. The van der Waals surface area contributed by atoms with Crippen LogP contribution in [-0.2, 0) is 16.1 Å². The first kappa shape index (κ1) is 20.7. The molecule has 0 fully saturated rings. The molecule has 0 saturated heterocycles. The van der Waals surface area contributed by atoms with E-state index in [0.717, 1.165) is 40.3 Å². The van der Waals surface area contributed by atoms with Crippen molar-refractivity contribution in [1.82, 2.24) is 9.55 Å². The number of hydrogen-bond donors (Lipinski definition) is 1. The van der Waals surface area contributed by atoms with Crippen molar-refractivity contribution in [3.8, 4) is 0 Å². The van der Waals surface area contributed by atoms with Gasteiger partial charge < -0.3 is 14.5 Å². The van der Waals surface area contributed by atoms with Gasteiger partial charge in [-0.05, 0) is 37.1 Å². The van der Waals surface area contributed by atoms with E-state index in [1.807, 2.05) is 50.2 Å². The molecule has 7 heteroatoms. The summed E-state index contributed by atoms with van der Waals surface area (Å²) in [5.74, 6) is -0.244. The highest BCUT2D eigenvalue weighted by molar-refractivity contribution is 6.05. The molecular weight excluding hydrogens is 394 g/mol. The highest BCUT2D eigenvalue weighted by Gasteiger charge is 2.14. The molecule has 4 aromatic rings. The van der Waals surface area contributed by atoms with E-state index < -0.39 is 5.97 Å². The Morgan fingerprint density at radius 2 is 2.00 bits per heavy atom. The van der Waals surface area contributed by atoms with Crippen LogP contribution >= 0.6 is 0 Å². The van der Waals surface area contributed by atoms with Gasteiger partial charge in [-0.15, -0.1) is 0 Å². The minimum absolute atomic E-state index is 0.138. The van der Waals surface area contributed by atoms with Crippen LogP contribution in [-0.4, -0.2) is 22.1 Å². The Labute approximate surface area is 179 Å². The van der Waals surface area contributed by atoms with Gasteiger partial charge >= 0.3 is 5.97 Å². The number of hydrogen-bond acceptors (Lipinski definition) is 6. The van der Waals surface area contributed by atoms with E-state index in [-0.39, 0.29) is 24.0 Å². The fraction of sp³-hybridized carbons (Fsp3) is 0.292. The summed E-state index contributed by atoms with van der Waals surface area (Å²) in [7, 11) is 0. The second-order valence-corrected chi connectivity index (χ2v) is 7.50. The normalized spacial score (nSPS) is 12.2. The van der Waals surface area contributed by atoms with Gasteiger partial charge in [0, 0.05) is 23.2 Å². The third-order valence-corrected chi connectivity index (χ3v) is 5.23. The highest BCUT2D eigenvalue weighted by Crippen LogP contribution is 2.31. The van der Waals surface area contributed by atoms with Gasteiger partial charge in [0.25, 0.3) is 5.56 Å². The number of benzene rings is 2. The van der Waals surface area contributed by atoms with Crippen LogP contribution < -0.4 is 10.9 Å². The maximum absolute atomic E-state index is 12.8. The number of ether oxygens (including phenoxy) is 1. The number of rotatable bonds is 8. The predicted molar refractivity (Wildman–Crippen MR) is 120 cm³/mol. The summed E-state index contributed by atoms with van der Waals surface area (Å²) in [5, 5.41) is 5.24. The molecule has 0 aliphatic heterocycles. The number of carbonyl (C=O) groups excluding carboxylic acids is 1. The molecule has 0 aliphatic carbocycles. The van der Waals surface area contributed by atoms with Gasteiger partial charge in [0.15, 0.2) is 5.82 Å². The average molecular weight is 419 g/mol. The number of aromatic nitrogens is 2. The Hall–Kier alpha value is -3.61. The van der Waals surface area contributed by atoms with Crippen LogP contribution in [0.4, 0.5) is 5.82 Å². The maximum atomic E-state index is 12.8. The van der Waals surface area contributed by atoms with Crippen molar-refractivity contribution in [2.45, 2.75) is 39.3 Å². The molecule has 2 aromatic carbocycles. The van der Waals surface area contributed by atoms with Crippen molar-refractivity contribution < 1.29 is 13.9 Å². The molecule has 1 atom stereocenters. The SMILES string of the molecule is CCCCOC(=O)Cn1ccnc(N[C@@H](C)c2ccc3oc4ccccc4c3c2)c1=O. The van der Waals surface area contributed by atoms with Gasteiger partial charge in [0.2, 0.25) is 0 Å². The number of para-hydroxylation sites is 1. The van der Waals surface area contributed by atoms with Gasteiger partial charge in [-0.2, -0.15) is 0 Å². The van der Waals surface area contributed by atoms with Crippen LogP contribution in [0, 0.1) is 0 Å². The van der Waals surface area contributed by atoms with Crippen LogP contribution in [0.15, 0.2) is 64.1 Å². The van der Waals surface area contributed by atoms with Crippen molar-refractivity contribution in [3.05, 3.63) is 70.8 Å². The van der Waals surface area contributed by atoms with Crippen LogP contribution in [0.1, 0.15) is 38.3 Å². The Morgan fingerprint density at radius 3 is 2.84 bits per heavy atom. The molecule has 2 aromatic heterocycles. The van der Waals surface area contributed by atoms with E-state index in [1.165, 1.54) is 17.0 Å². The van der Waals surface area contributed by atoms with Crippen molar-refractivity contribution in [2.24, 2.45) is 0 Å². The molecule has 0 amide bonds. The van der Waals surface area contributed by atoms with E-state index in [9.17, 15) is 9.59 Å². The summed E-state index contributed by atoms with van der Waals surface area (Å²) in [4.78, 5) is 28.9. The number of nitrogens with zero attached hydrogens (tertiary/aromatic N) is 2. The van der Waals surface area contributed by atoms with Gasteiger partial charge in [-0.1, -0.05) is 37.6 Å². The number of nitrogens with one attached hydrogen (secondary N) is 1. The molecule has 0 unspecified atom stereocenters. The van der Waals surface area contributed by atoms with Crippen LogP contribution in [0.2, 0.25) is 0 Å². The van der Waals surface area contributed by atoms with Crippen molar-refractivity contribution >= 4 is 33.7 Å². The minimum Gasteiger partial charge on any atom is -0.464 e. The summed E-state index contributed by atoms with van der Waals surface area (Å²) in [6.45, 7) is 4.21. The summed E-state index contributed by atoms with van der Waals surface area (Å²) >= 11 is 0. The summed E-state index contributed by atoms with van der Waals surface area (Å²) in [6.07, 6.45) is 4.73. The first-order valence-electron chi connectivity index (χ1n) is 10.5. The summed E-state index contributed by atoms with van der Waals surface area (Å²) < 4.78 is 12.3. The fourth-order valence-electron chi connectivity index (χ4n) is 3.49. The fourth-order valence-corrected chi connectivity index (χ4v) is 3.49. The zero-order valence-corrected chi connectivity index (χ0v) is 17.6. The van der Waals surface area contributed by atoms with E-state index >= 15 is 0 Å². The summed E-state index contributed by atoms with van der Waals surface area (Å²) in [5.41, 5.74) is 2.29. The molecule has 1 N–H and O–H groups in total. The number of anilines is 1. The lowest BCUT2D eigenvalue weighted by Crippen LogP contribution is -2.28. The smallest absolute Gasteiger partial charge is 0.326 e. The third kappa shape index (κ3) is 4.45. The molecule has 2 heterocycles. The molecule has 7 nitrogen and oxygen atoms in total. The Kier molecular flexibility index (Phi) is 6.02. The van der Waals surface area contributed by atoms with E-state index in [0.29, 0.717) is 6.61 Å². The molecule has 0 saturated carbocycles. The lowest BCUT2D eigenvalue weighted by Gasteiger charge is -2.15. The molecule has 4 rings (SSSR count). The molecule has 0 spiro atoms. The maximum Gasteiger partial charge on any atom is 0.326 e. The Bertz CT molecular complexity index is 1270. The van der Waals surface area contributed by atoms with Crippen LogP contribution in [0.25, 0.3) is 21.9 Å². The van der Waals surface area contributed by atoms with Gasteiger partial charge in [0.05, 0.1) is 12.6 Å². The zero-order valence-electron chi connectivity index (χ0n) is 17.6. The number of carbonyl (C=O) groups is 1. The largest absolute Gasteiger partial charge is 0.464 e. The molecule has 0 radical (unpaired) electrons. The predicted octanol–water partition coefficient (Wildman–Crippen LogP) is 4.66. The van der Waals surface area contributed by atoms with Crippen LogP contribution in [0.5, 0.6) is 0 Å². The van der Waals surface area contributed by atoms with Gasteiger partial charge in [0.1, 0.15) is 17.7 Å². The lowest BCUT2D eigenvalue weighted by molar-refractivity contribution is -0.144. The Balaban J connectivity index is 1.53. The highest BCUT2D eigenvalue weighted by atomic mass is 16.5. The van der Waals surface area contributed by atoms with E-state index in [1.54, 1.807) is 0 Å². The number of esters is 1. The monoisotopic (exact) mass is 419 g/mol. The quantitative estimate of drug-likeness (QED) is 0.330. The minimum atomic E-state index is -0.432. The number of furan rings is 1. The second-order valence-electron chi connectivity index (χ2n) is 7.50. The Morgan fingerprint density at radius 1 is 1.19 bits per heavy atom. The molecule has 0 bridgehead atoms. The standard InChI is InChI=1S/C24H25N3O4/c1-3-4-13-30-22(28)15-27-12-11-25-23(24(27)29)26-16(2)17-9-10-21-19(14-17)18-7-5-6-8-20(18)31-21/h5-12,14,16H,3-4,13,15H2,1-2H3,(H,25,26)/t16-/m0/s1. The molecule has 31 heavy (non-hydrogen) atoms. The van der Waals surface area contributed by atoms with Crippen molar-refractivity contribution in [1.29, 1.82) is 0 Å². The van der Waals surface area contributed by atoms with Gasteiger partial charge in [-0.25, -0.2) is 4.98 Å². The molecular formula is C24H25N3O4. The number of fused-ring (bicyclic) bond motifs is 3. The first-order valence-corrected chi connectivity index (χ1v) is 10.5. The van der Waals surface area contributed by atoms with Crippen molar-refractivity contribution in [2.75, 3.05) is 11.9 Å². The number of unbranched alkanes of at least 4 members (excludes halogenated alkanes) is 1. The molecule has 160 valence electrons. The topological polar surface area (TPSA) is 86.4 Å².